The lowest BCUT2D eigenvalue weighted by molar-refractivity contribution is 0.0948. The van der Waals surface area contributed by atoms with Crippen molar-refractivity contribution in [2.45, 2.75) is 20.3 Å². The summed E-state index contributed by atoms with van der Waals surface area (Å²) in [6, 6.07) is 9.73. The molecular weight excluding hydrogens is 304 g/mol. The van der Waals surface area contributed by atoms with Gasteiger partial charge in [0.05, 0.1) is 17.6 Å². The molecule has 0 saturated carbocycles. The van der Waals surface area contributed by atoms with Crippen LogP contribution in [0, 0.1) is 13.8 Å². The van der Waals surface area contributed by atoms with Gasteiger partial charge in [-0.05, 0) is 26.0 Å². The number of nitrogens with zero attached hydrogens (tertiary/aromatic N) is 3. The van der Waals surface area contributed by atoms with Crippen LogP contribution in [0.2, 0.25) is 0 Å². The topological polar surface area (TPSA) is 80.9 Å². The summed E-state index contributed by atoms with van der Waals surface area (Å²) in [5, 5.41) is 2.82. The van der Waals surface area contributed by atoms with Crippen molar-refractivity contribution in [3.05, 3.63) is 65.6 Å². The van der Waals surface area contributed by atoms with Crippen LogP contribution in [0.3, 0.4) is 0 Å². The van der Waals surface area contributed by atoms with Gasteiger partial charge in [0.25, 0.3) is 5.91 Å². The molecule has 0 aliphatic rings. The van der Waals surface area contributed by atoms with Crippen LogP contribution >= 0.6 is 0 Å². The summed E-state index contributed by atoms with van der Waals surface area (Å²) in [5.41, 5.74) is 2.86. The quantitative estimate of drug-likeness (QED) is 0.781. The van der Waals surface area contributed by atoms with Gasteiger partial charge in [0.15, 0.2) is 0 Å². The molecule has 24 heavy (non-hydrogen) atoms. The Balaban J connectivity index is 1.60. The number of aromatic nitrogens is 3. The highest BCUT2D eigenvalue weighted by Gasteiger charge is 2.12. The van der Waals surface area contributed by atoms with Gasteiger partial charge in [-0.2, -0.15) is 0 Å². The molecule has 0 unspecified atom stereocenters. The lowest BCUT2D eigenvalue weighted by Crippen LogP contribution is -2.26. The van der Waals surface area contributed by atoms with Crippen molar-refractivity contribution < 1.29 is 9.21 Å². The van der Waals surface area contributed by atoms with Crippen LogP contribution in [-0.4, -0.2) is 27.4 Å². The smallest absolute Gasteiger partial charge is 0.271 e. The van der Waals surface area contributed by atoms with Crippen LogP contribution in [0.25, 0.3) is 11.5 Å². The highest BCUT2D eigenvalue weighted by molar-refractivity contribution is 5.91. The van der Waals surface area contributed by atoms with Crippen molar-refractivity contribution in [3.8, 4) is 11.5 Å². The molecule has 2 aromatic heterocycles. The lowest BCUT2D eigenvalue weighted by atomic mass is 10.2. The predicted molar refractivity (Wildman–Crippen MR) is 89.5 cm³/mol. The van der Waals surface area contributed by atoms with E-state index >= 15 is 0 Å². The summed E-state index contributed by atoms with van der Waals surface area (Å²) < 4.78 is 5.71. The van der Waals surface area contributed by atoms with Crippen LogP contribution in [0.1, 0.15) is 27.6 Å². The van der Waals surface area contributed by atoms with E-state index in [1.807, 2.05) is 44.2 Å². The van der Waals surface area contributed by atoms with E-state index in [1.54, 1.807) is 6.20 Å². The van der Waals surface area contributed by atoms with Crippen molar-refractivity contribution >= 4 is 5.91 Å². The molecule has 0 aliphatic heterocycles. The molecule has 0 bridgehead atoms. The predicted octanol–water partition coefficient (Wildman–Crippen LogP) is 2.72. The largest absolute Gasteiger partial charge is 0.441 e. The Labute approximate surface area is 140 Å². The maximum absolute atomic E-state index is 12.0. The molecule has 1 N–H and O–H groups in total. The van der Waals surface area contributed by atoms with Gasteiger partial charge >= 0.3 is 0 Å². The van der Waals surface area contributed by atoms with Gasteiger partial charge in [-0.15, -0.1) is 0 Å². The highest BCUT2D eigenvalue weighted by atomic mass is 16.4. The Hall–Kier alpha value is -3.02. The van der Waals surface area contributed by atoms with Crippen LogP contribution in [0.5, 0.6) is 0 Å². The first-order valence-electron chi connectivity index (χ1n) is 7.72. The monoisotopic (exact) mass is 322 g/mol. The van der Waals surface area contributed by atoms with Gasteiger partial charge in [0.2, 0.25) is 5.89 Å². The molecule has 0 saturated heterocycles. The summed E-state index contributed by atoms with van der Waals surface area (Å²) in [5.74, 6) is 1.11. The summed E-state index contributed by atoms with van der Waals surface area (Å²) in [4.78, 5) is 24.6. The van der Waals surface area contributed by atoms with Crippen molar-refractivity contribution in [1.29, 1.82) is 0 Å². The zero-order chi connectivity index (χ0) is 16.9. The van der Waals surface area contributed by atoms with Crippen molar-refractivity contribution in [2.24, 2.45) is 0 Å². The van der Waals surface area contributed by atoms with Crippen LogP contribution < -0.4 is 5.32 Å². The second-order valence-electron chi connectivity index (χ2n) is 5.44. The van der Waals surface area contributed by atoms with Crippen molar-refractivity contribution in [3.63, 3.8) is 0 Å². The Morgan fingerprint density at radius 1 is 1.12 bits per heavy atom. The third kappa shape index (κ3) is 3.65. The van der Waals surface area contributed by atoms with E-state index in [0.29, 0.717) is 24.6 Å². The van der Waals surface area contributed by atoms with Crippen LogP contribution in [-0.2, 0) is 6.42 Å². The van der Waals surface area contributed by atoms with E-state index in [2.05, 4.69) is 20.3 Å². The van der Waals surface area contributed by atoms with Gasteiger partial charge in [0.1, 0.15) is 11.5 Å². The fourth-order valence-corrected chi connectivity index (χ4v) is 2.26. The second kappa shape index (κ2) is 7.04. The average molecular weight is 322 g/mol. The van der Waals surface area contributed by atoms with Crippen LogP contribution in [0.15, 0.2) is 47.1 Å². The van der Waals surface area contributed by atoms with Gasteiger partial charge in [0, 0.05) is 24.7 Å². The molecule has 6 heteroatoms. The van der Waals surface area contributed by atoms with Gasteiger partial charge in [-0.3, -0.25) is 9.78 Å². The summed E-state index contributed by atoms with van der Waals surface area (Å²) in [6.07, 6.45) is 3.63. The number of benzene rings is 1. The van der Waals surface area contributed by atoms with E-state index in [4.69, 9.17) is 4.42 Å². The molecule has 3 aromatic rings. The Morgan fingerprint density at radius 2 is 1.92 bits per heavy atom. The molecule has 3 rings (SSSR count). The molecule has 1 aromatic carbocycles. The zero-order valence-corrected chi connectivity index (χ0v) is 13.6. The number of rotatable bonds is 5. The third-order valence-corrected chi connectivity index (χ3v) is 3.57. The number of oxazole rings is 1. The molecule has 1 amide bonds. The number of aryl methyl sites for hydroxylation is 2. The number of carbonyl (C=O) groups is 1. The Kier molecular flexibility index (Phi) is 4.65. The van der Waals surface area contributed by atoms with Gasteiger partial charge in [-0.1, -0.05) is 18.2 Å². The molecule has 0 radical (unpaired) electrons. The fourth-order valence-electron chi connectivity index (χ4n) is 2.26. The van der Waals surface area contributed by atoms with E-state index in [1.165, 1.54) is 6.20 Å². The van der Waals surface area contributed by atoms with E-state index < -0.39 is 0 Å². The highest BCUT2D eigenvalue weighted by Crippen LogP contribution is 2.21. The molecule has 0 spiro atoms. The average Bonchev–Trinajstić information content (AvgIpc) is 2.97. The normalized spacial score (nSPS) is 10.6. The minimum atomic E-state index is -0.244. The number of amides is 1. The molecule has 0 aliphatic carbocycles. The Bertz CT molecular complexity index is 826. The first-order chi connectivity index (χ1) is 11.6. The zero-order valence-electron chi connectivity index (χ0n) is 13.6. The van der Waals surface area contributed by atoms with E-state index in [-0.39, 0.29) is 5.91 Å². The third-order valence-electron chi connectivity index (χ3n) is 3.57. The number of hydrogen-bond acceptors (Lipinski definition) is 5. The van der Waals surface area contributed by atoms with Gasteiger partial charge < -0.3 is 9.73 Å². The van der Waals surface area contributed by atoms with Gasteiger partial charge in [-0.25, -0.2) is 9.97 Å². The number of hydrogen-bond donors (Lipinski definition) is 1. The van der Waals surface area contributed by atoms with E-state index in [0.717, 1.165) is 22.7 Å². The molecule has 2 heterocycles. The molecule has 0 atom stereocenters. The molecule has 122 valence electrons. The standard InChI is InChI=1S/C18H18N4O2/c1-12-10-21-16(11-20-12)17(23)19-9-8-15-13(2)24-18(22-15)14-6-4-3-5-7-14/h3-7,10-11H,8-9H2,1-2H3,(H,19,23). The molecule has 6 nitrogen and oxygen atoms in total. The number of carbonyl (C=O) groups excluding carboxylic acids is 1. The first kappa shape index (κ1) is 15.9. The summed E-state index contributed by atoms with van der Waals surface area (Å²) >= 11 is 0. The van der Waals surface area contributed by atoms with Crippen molar-refractivity contribution in [2.75, 3.05) is 6.54 Å². The minimum Gasteiger partial charge on any atom is -0.441 e. The fraction of sp³-hybridized carbons (Fsp3) is 0.222. The van der Waals surface area contributed by atoms with Crippen molar-refractivity contribution in [1.82, 2.24) is 20.3 Å². The summed E-state index contributed by atoms with van der Waals surface area (Å²) in [6.45, 7) is 4.16. The molecule has 0 fully saturated rings. The summed E-state index contributed by atoms with van der Waals surface area (Å²) in [7, 11) is 0. The lowest BCUT2D eigenvalue weighted by Gasteiger charge is -2.03. The van der Waals surface area contributed by atoms with E-state index in [9.17, 15) is 4.79 Å². The SMILES string of the molecule is Cc1cnc(C(=O)NCCc2nc(-c3ccccc3)oc2C)cn1. The second-order valence-corrected chi connectivity index (χ2v) is 5.44. The van der Waals surface area contributed by atoms with Crippen LogP contribution in [0.4, 0.5) is 0 Å². The number of nitrogens with one attached hydrogen (secondary N) is 1. The maximum Gasteiger partial charge on any atom is 0.271 e. The minimum absolute atomic E-state index is 0.244. The maximum atomic E-state index is 12.0. The first-order valence-corrected chi connectivity index (χ1v) is 7.72. The molecular formula is C18H18N4O2. The Morgan fingerprint density at radius 3 is 2.62 bits per heavy atom.